The topological polar surface area (TPSA) is 37.9 Å². The summed E-state index contributed by atoms with van der Waals surface area (Å²) in [5.74, 6) is 1.88. The third kappa shape index (κ3) is 5.05. The fourth-order valence-corrected chi connectivity index (χ4v) is 3.65. The Kier molecular flexibility index (Phi) is 6.10. The highest BCUT2D eigenvalue weighted by Gasteiger charge is 2.01. The molecule has 4 rings (SSSR count). The Labute approximate surface area is 169 Å². The van der Waals surface area contributed by atoms with Crippen molar-refractivity contribution in [2.24, 2.45) is 0 Å². The van der Waals surface area contributed by atoms with Crippen LogP contribution in [0, 0.1) is 0 Å². The van der Waals surface area contributed by atoms with Crippen LogP contribution in [0.5, 0.6) is 5.75 Å². The van der Waals surface area contributed by atoms with E-state index in [0.717, 1.165) is 34.1 Å². The molecule has 1 N–H and O–H groups in total. The Hall–Kier alpha value is -2.98. The number of H-pyrrole nitrogens is 1. The van der Waals surface area contributed by atoms with Crippen LogP contribution in [0.2, 0.25) is 0 Å². The number of fused-ring (bicyclic) bond motifs is 1. The summed E-state index contributed by atoms with van der Waals surface area (Å²) in [6.07, 6.45) is 5.35. The molecule has 0 radical (unpaired) electrons. The summed E-state index contributed by atoms with van der Waals surface area (Å²) in [6, 6.07) is 26.5. The molecule has 0 spiro atoms. The highest BCUT2D eigenvalue weighted by atomic mass is 32.2. The van der Waals surface area contributed by atoms with Crippen molar-refractivity contribution >= 4 is 28.9 Å². The van der Waals surface area contributed by atoms with E-state index in [9.17, 15) is 0 Å². The number of benzene rings is 3. The molecular formula is C24H22N2OS. The van der Waals surface area contributed by atoms with Gasteiger partial charge >= 0.3 is 0 Å². The first-order valence-corrected chi connectivity index (χ1v) is 10.4. The van der Waals surface area contributed by atoms with E-state index in [4.69, 9.17) is 4.74 Å². The number of rotatable bonds is 8. The number of nitrogens with one attached hydrogen (secondary N) is 1. The molecule has 0 amide bonds. The zero-order valence-corrected chi connectivity index (χ0v) is 16.4. The van der Waals surface area contributed by atoms with Gasteiger partial charge < -0.3 is 9.72 Å². The molecule has 3 nitrogen and oxygen atoms in total. The lowest BCUT2D eigenvalue weighted by Crippen LogP contribution is -1.94. The van der Waals surface area contributed by atoms with E-state index in [2.05, 4.69) is 52.5 Å². The Bertz CT molecular complexity index is 1010. The Morgan fingerprint density at radius 2 is 1.68 bits per heavy atom. The maximum absolute atomic E-state index is 5.83. The van der Waals surface area contributed by atoms with Crippen LogP contribution in [0.1, 0.15) is 17.5 Å². The molecule has 0 saturated heterocycles. The number of hydrogen-bond donors (Lipinski definition) is 1. The lowest BCUT2D eigenvalue weighted by Gasteiger charge is -2.06. The standard InChI is InChI=1S/C24H22N2OS/c1-2-9-20(10-3-1)18-27-21-15-13-19(14-16-21)8-6-7-17-28-24-25-22-11-4-5-12-23(22)26-24/h1-6,8-16H,7,17-18H2,(H,25,26)/b8-6+. The molecule has 0 atom stereocenters. The number of ether oxygens (including phenoxy) is 1. The maximum Gasteiger partial charge on any atom is 0.166 e. The summed E-state index contributed by atoms with van der Waals surface area (Å²) in [4.78, 5) is 7.93. The van der Waals surface area contributed by atoms with Gasteiger partial charge in [0.15, 0.2) is 5.16 Å². The van der Waals surface area contributed by atoms with Gasteiger partial charge in [-0.25, -0.2) is 4.98 Å². The first-order chi connectivity index (χ1) is 13.9. The number of aromatic nitrogens is 2. The Morgan fingerprint density at radius 1 is 0.893 bits per heavy atom. The summed E-state index contributed by atoms with van der Waals surface area (Å²) < 4.78 is 5.83. The molecule has 0 aliphatic carbocycles. The third-order valence-electron chi connectivity index (χ3n) is 4.33. The van der Waals surface area contributed by atoms with Gasteiger partial charge in [-0.2, -0.15) is 0 Å². The number of thioether (sulfide) groups is 1. The van der Waals surface area contributed by atoms with Crippen LogP contribution in [-0.4, -0.2) is 15.7 Å². The number of allylic oxidation sites excluding steroid dienone is 1. The van der Waals surface area contributed by atoms with Crippen LogP contribution in [0.3, 0.4) is 0 Å². The second kappa shape index (κ2) is 9.29. The number of para-hydroxylation sites is 2. The average Bonchev–Trinajstić information content (AvgIpc) is 3.16. The molecule has 4 heteroatoms. The van der Waals surface area contributed by atoms with Gasteiger partial charge in [0.2, 0.25) is 0 Å². The van der Waals surface area contributed by atoms with E-state index in [1.807, 2.05) is 48.5 Å². The minimum Gasteiger partial charge on any atom is -0.489 e. The van der Waals surface area contributed by atoms with Crippen LogP contribution >= 0.6 is 11.8 Å². The molecule has 0 saturated carbocycles. The third-order valence-corrected chi connectivity index (χ3v) is 5.24. The first-order valence-electron chi connectivity index (χ1n) is 9.38. The SMILES string of the molecule is C(=C\c1ccc(OCc2ccccc2)cc1)/CCSc1nc2ccccc2[nH]1. The normalized spacial score (nSPS) is 11.3. The van der Waals surface area contributed by atoms with Gasteiger partial charge in [0, 0.05) is 5.75 Å². The lowest BCUT2D eigenvalue weighted by atomic mass is 10.2. The van der Waals surface area contributed by atoms with Crippen molar-refractivity contribution in [1.82, 2.24) is 9.97 Å². The second-order valence-electron chi connectivity index (χ2n) is 6.44. The molecule has 0 unspecified atom stereocenters. The Balaban J connectivity index is 1.22. The molecule has 4 aromatic rings. The number of hydrogen-bond acceptors (Lipinski definition) is 3. The zero-order valence-electron chi connectivity index (χ0n) is 15.5. The highest BCUT2D eigenvalue weighted by molar-refractivity contribution is 7.99. The van der Waals surface area contributed by atoms with E-state index < -0.39 is 0 Å². The van der Waals surface area contributed by atoms with Gasteiger partial charge in [0.1, 0.15) is 12.4 Å². The molecule has 0 aliphatic heterocycles. The Morgan fingerprint density at radius 3 is 2.50 bits per heavy atom. The lowest BCUT2D eigenvalue weighted by molar-refractivity contribution is 0.306. The maximum atomic E-state index is 5.83. The van der Waals surface area contributed by atoms with Crippen molar-refractivity contribution in [1.29, 1.82) is 0 Å². The smallest absolute Gasteiger partial charge is 0.166 e. The molecule has 3 aromatic carbocycles. The largest absolute Gasteiger partial charge is 0.489 e. The fraction of sp³-hybridized carbons (Fsp3) is 0.125. The van der Waals surface area contributed by atoms with Crippen molar-refractivity contribution < 1.29 is 4.74 Å². The fourth-order valence-electron chi connectivity index (χ4n) is 2.86. The monoisotopic (exact) mass is 386 g/mol. The molecule has 0 bridgehead atoms. The van der Waals surface area contributed by atoms with Crippen molar-refractivity contribution in [3.8, 4) is 5.75 Å². The highest BCUT2D eigenvalue weighted by Crippen LogP contribution is 2.20. The van der Waals surface area contributed by atoms with Crippen molar-refractivity contribution in [2.45, 2.75) is 18.2 Å². The average molecular weight is 387 g/mol. The van der Waals surface area contributed by atoms with Crippen molar-refractivity contribution in [3.63, 3.8) is 0 Å². The van der Waals surface area contributed by atoms with Crippen molar-refractivity contribution in [3.05, 3.63) is 96.1 Å². The van der Waals surface area contributed by atoms with Crippen LogP contribution in [-0.2, 0) is 6.61 Å². The molecule has 1 aromatic heterocycles. The first kappa shape index (κ1) is 18.4. The van der Waals surface area contributed by atoms with E-state index in [-0.39, 0.29) is 0 Å². The molecule has 0 fully saturated rings. The van der Waals surface area contributed by atoms with E-state index >= 15 is 0 Å². The molecule has 1 heterocycles. The predicted molar refractivity (Wildman–Crippen MR) is 118 cm³/mol. The molecule has 28 heavy (non-hydrogen) atoms. The summed E-state index contributed by atoms with van der Waals surface area (Å²) in [7, 11) is 0. The van der Waals surface area contributed by atoms with Crippen LogP contribution < -0.4 is 4.74 Å². The summed E-state index contributed by atoms with van der Waals surface area (Å²) in [5, 5.41) is 0.981. The van der Waals surface area contributed by atoms with Crippen LogP contribution in [0.15, 0.2) is 90.1 Å². The van der Waals surface area contributed by atoms with Gasteiger partial charge in [-0.1, -0.05) is 78.5 Å². The second-order valence-corrected chi connectivity index (χ2v) is 7.53. The van der Waals surface area contributed by atoms with E-state index in [1.165, 1.54) is 11.1 Å². The predicted octanol–water partition coefficient (Wildman–Crippen LogP) is 6.34. The number of aromatic amines is 1. The number of nitrogens with zero attached hydrogens (tertiary/aromatic N) is 1. The summed E-state index contributed by atoms with van der Waals surface area (Å²) in [5.41, 5.74) is 4.47. The van der Waals surface area contributed by atoms with Crippen LogP contribution in [0.4, 0.5) is 0 Å². The zero-order chi connectivity index (χ0) is 19.0. The van der Waals surface area contributed by atoms with E-state index in [0.29, 0.717) is 6.61 Å². The van der Waals surface area contributed by atoms with Gasteiger partial charge in [-0.3, -0.25) is 0 Å². The van der Waals surface area contributed by atoms with Gasteiger partial charge in [-0.05, 0) is 41.8 Å². The van der Waals surface area contributed by atoms with Crippen LogP contribution in [0.25, 0.3) is 17.1 Å². The van der Waals surface area contributed by atoms with Gasteiger partial charge in [-0.15, -0.1) is 0 Å². The van der Waals surface area contributed by atoms with Gasteiger partial charge in [0.25, 0.3) is 0 Å². The minimum atomic E-state index is 0.592. The van der Waals surface area contributed by atoms with Crippen molar-refractivity contribution in [2.75, 3.05) is 5.75 Å². The van der Waals surface area contributed by atoms with Gasteiger partial charge in [0.05, 0.1) is 11.0 Å². The molecular weight excluding hydrogens is 364 g/mol. The molecule has 140 valence electrons. The van der Waals surface area contributed by atoms with E-state index in [1.54, 1.807) is 11.8 Å². The molecule has 0 aliphatic rings. The minimum absolute atomic E-state index is 0.592. The summed E-state index contributed by atoms with van der Waals surface area (Å²) in [6.45, 7) is 0.592. The summed E-state index contributed by atoms with van der Waals surface area (Å²) >= 11 is 1.75. The number of imidazole rings is 1. The quantitative estimate of drug-likeness (QED) is 0.284.